The normalized spacial score (nSPS) is 35.6. The van der Waals surface area contributed by atoms with Crippen molar-refractivity contribution in [1.82, 2.24) is 10.2 Å². The molecule has 2 aliphatic rings. The molecule has 1 heterocycles. The largest absolute Gasteiger partial charge is 0.311 e. The molecule has 3 atom stereocenters. The van der Waals surface area contributed by atoms with E-state index in [1.54, 1.807) is 0 Å². The first-order chi connectivity index (χ1) is 8.13. The lowest BCUT2D eigenvalue weighted by Crippen LogP contribution is -2.48. The molecule has 0 spiro atoms. The first kappa shape index (κ1) is 13.4. The van der Waals surface area contributed by atoms with Gasteiger partial charge in [-0.1, -0.05) is 27.2 Å². The average Bonchev–Trinajstić information content (AvgIpc) is 2.63. The predicted molar refractivity (Wildman–Crippen MR) is 74.2 cm³/mol. The zero-order valence-electron chi connectivity index (χ0n) is 11.9. The van der Waals surface area contributed by atoms with Gasteiger partial charge in [-0.25, -0.2) is 0 Å². The van der Waals surface area contributed by atoms with E-state index < -0.39 is 0 Å². The second kappa shape index (κ2) is 6.19. The number of likely N-dealkylation sites (tertiary alicyclic amines) is 1. The summed E-state index contributed by atoms with van der Waals surface area (Å²) in [5.74, 6) is 1.97. The molecule has 17 heavy (non-hydrogen) atoms. The van der Waals surface area contributed by atoms with Crippen molar-refractivity contribution < 1.29 is 0 Å². The average molecular weight is 238 g/mol. The number of hydrogen-bond donors (Lipinski definition) is 1. The molecular weight excluding hydrogens is 208 g/mol. The Morgan fingerprint density at radius 3 is 2.71 bits per heavy atom. The van der Waals surface area contributed by atoms with Gasteiger partial charge in [0, 0.05) is 25.2 Å². The Morgan fingerprint density at radius 2 is 2.06 bits per heavy atom. The van der Waals surface area contributed by atoms with Crippen LogP contribution in [0.15, 0.2) is 0 Å². The van der Waals surface area contributed by atoms with Crippen LogP contribution in [-0.2, 0) is 0 Å². The number of nitrogens with one attached hydrogen (secondary N) is 1. The predicted octanol–water partition coefficient (Wildman–Crippen LogP) is 2.89. The third-order valence-electron chi connectivity index (χ3n) is 4.39. The molecule has 1 saturated heterocycles. The summed E-state index contributed by atoms with van der Waals surface area (Å²) in [5.41, 5.74) is 0. The smallest absolute Gasteiger partial charge is 0.0197 e. The second-order valence-electron chi connectivity index (χ2n) is 6.70. The second-order valence-corrected chi connectivity index (χ2v) is 6.70. The van der Waals surface area contributed by atoms with E-state index in [0.717, 1.165) is 17.9 Å². The molecule has 1 aliphatic heterocycles. The van der Waals surface area contributed by atoms with Crippen LogP contribution in [-0.4, -0.2) is 36.6 Å². The standard InChI is InChI=1S/C15H30N2/c1-12(2)16-15-5-4-8-17(11-15)10-14-7-6-13(3)9-14/h12-16H,4-11H2,1-3H3. The first-order valence-electron chi connectivity index (χ1n) is 7.62. The van der Waals surface area contributed by atoms with E-state index in [1.165, 1.54) is 51.7 Å². The topological polar surface area (TPSA) is 15.3 Å². The van der Waals surface area contributed by atoms with Crippen LogP contribution in [0.4, 0.5) is 0 Å². The summed E-state index contributed by atoms with van der Waals surface area (Å²) in [6.45, 7) is 10.9. The Kier molecular flexibility index (Phi) is 4.87. The molecule has 1 N–H and O–H groups in total. The maximum Gasteiger partial charge on any atom is 0.0197 e. The highest BCUT2D eigenvalue weighted by atomic mass is 15.2. The minimum Gasteiger partial charge on any atom is -0.311 e. The van der Waals surface area contributed by atoms with E-state index in [9.17, 15) is 0 Å². The van der Waals surface area contributed by atoms with Crippen molar-refractivity contribution in [2.24, 2.45) is 11.8 Å². The lowest BCUT2D eigenvalue weighted by Gasteiger charge is -2.35. The molecule has 0 amide bonds. The summed E-state index contributed by atoms with van der Waals surface area (Å²) in [4.78, 5) is 2.71. The molecule has 100 valence electrons. The summed E-state index contributed by atoms with van der Waals surface area (Å²) in [6.07, 6.45) is 7.16. The van der Waals surface area contributed by atoms with Gasteiger partial charge in [0.05, 0.1) is 0 Å². The van der Waals surface area contributed by atoms with E-state index in [4.69, 9.17) is 0 Å². The van der Waals surface area contributed by atoms with E-state index in [0.29, 0.717) is 6.04 Å². The lowest BCUT2D eigenvalue weighted by molar-refractivity contribution is 0.161. The van der Waals surface area contributed by atoms with Crippen LogP contribution in [0, 0.1) is 11.8 Å². The van der Waals surface area contributed by atoms with Crippen molar-refractivity contribution in [3.8, 4) is 0 Å². The molecule has 0 aromatic heterocycles. The third-order valence-corrected chi connectivity index (χ3v) is 4.39. The van der Waals surface area contributed by atoms with E-state index in [-0.39, 0.29) is 0 Å². The van der Waals surface area contributed by atoms with Crippen LogP contribution < -0.4 is 5.32 Å². The van der Waals surface area contributed by atoms with Gasteiger partial charge < -0.3 is 10.2 Å². The Morgan fingerprint density at radius 1 is 1.24 bits per heavy atom. The molecule has 0 aromatic carbocycles. The highest BCUT2D eigenvalue weighted by molar-refractivity contribution is 4.82. The molecule has 1 saturated carbocycles. The van der Waals surface area contributed by atoms with Gasteiger partial charge in [0.15, 0.2) is 0 Å². The van der Waals surface area contributed by atoms with Gasteiger partial charge in [-0.15, -0.1) is 0 Å². The van der Waals surface area contributed by atoms with Crippen LogP contribution in [0.1, 0.15) is 52.9 Å². The molecule has 0 aromatic rings. The minimum atomic E-state index is 0.631. The van der Waals surface area contributed by atoms with E-state index in [2.05, 4.69) is 31.0 Å². The number of piperidine rings is 1. The Bertz CT molecular complexity index is 227. The Hall–Kier alpha value is -0.0800. The van der Waals surface area contributed by atoms with Gasteiger partial charge in [-0.3, -0.25) is 0 Å². The molecule has 2 heteroatoms. The summed E-state index contributed by atoms with van der Waals surface area (Å²) in [5, 5.41) is 3.70. The fourth-order valence-corrected chi connectivity index (χ4v) is 3.68. The summed E-state index contributed by atoms with van der Waals surface area (Å²) < 4.78 is 0. The molecule has 2 nitrogen and oxygen atoms in total. The molecule has 3 unspecified atom stereocenters. The van der Waals surface area contributed by atoms with Crippen molar-refractivity contribution in [3.63, 3.8) is 0 Å². The van der Waals surface area contributed by atoms with Gasteiger partial charge in [-0.05, 0) is 44.1 Å². The quantitative estimate of drug-likeness (QED) is 0.810. The van der Waals surface area contributed by atoms with Crippen LogP contribution >= 0.6 is 0 Å². The Labute approximate surface area is 107 Å². The van der Waals surface area contributed by atoms with Gasteiger partial charge in [0.25, 0.3) is 0 Å². The highest BCUT2D eigenvalue weighted by Crippen LogP contribution is 2.31. The molecular formula is C15H30N2. The van der Waals surface area contributed by atoms with Crippen LogP contribution in [0.3, 0.4) is 0 Å². The highest BCUT2D eigenvalue weighted by Gasteiger charge is 2.26. The fraction of sp³-hybridized carbons (Fsp3) is 1.00. The van der Waals surface area contributed by atoms with Crippen molar-refractivity contribution in [3.05, 3.63) is 0 Å². The van der Waals surface area contributed by atoms with E-state index in [1.807, 2.05) is 0 Å². The van der Waals surface area contributed by atoms with Crippen LogP contribution in [0.2, 0.25) is 0 Å². The lowest BCUT2D eigenvalue weighted by atomic mass is 10.0. The number of rotatable bonds is 4. The van der Waals surface area contributed by atoms with Crippen molar-refractivity contribution in [2.75, 3.05) is 19.6 Å². The minimum absolute atomic E-state index is 0.631. The molecule has 2 rings (SSSR count). The van der Waals surface area contributed by atoms with Gasteiger partial charge in [-0.2, -0.15) is 0 Å². The molecule has 1 aliphatic carbocycles. The third kappa shape index (κ3) is 4.26. The first-order valence-corrected chi connectivity index (χ1v) is 7.62. The summed E-state index contributed by atoms with van der Waals surface area (Å²) in [7, 11) is 0. The van der Waals surface area contributed by atoms with E-state index >= 15 is 0 Å². The van der Waals surface area contributed by atoms with Crippen molar-refractivity contribution >= 4 is 0 Å². The Balaban J connectivity index is 1.73. The molecule has 2 fully saturated rings. The molecule has 0 radical (unpaired) electrons. The zero-order chi connectivity index (χ0) is 12.3. The number of hydrogen-bond acceptors (Lipinski definition) is 2. The maximum absolute atomic E-state index is 3.70. The van der Waals surface area contributed by atoms with Crippen LogP contribution in [0.5, 0.6) is 0 Å². The van der Waals surface area contributed by atoms with Crippen LogP contribution in [0.25, 0.3) is 0 Å². The number of nitrogens with zero attached hydrogens (tertiary/aromatic N) is 1. The maximum atomic E-state index is 3.70. The monoisotopic (exact) mass is 238 g/mol. The van der Waals surface area contributed by atoms with Crippen molar-refractivity contribution in [2.45, 2.75) is 65.0 Å². The van der Waals surface area contributed by atoms with Crippen molar-refractivity contribution in [1.29, 1.82) is 0 Å². The summed E-state index contributed by atoms with van der Waals surface area (Å²) >= 11 is 0. The fourth-order valence-electron chi connectivity index (χ4n) is 3.68. The summed E-state index contributed by atoms with van der Waals surface area (Å²) in [6, 6.07) is 1.37. The SMILES string of the molecule is CC1CCC(CN2CCCC(NC(C)C)C2)C1. The van der Waals surface area contributed by atoms with Gasteiger partial charge in [0.1, 0.15) is 0 Å². The molecule has 0 bridgehead atoms. The van der Waals surface area contributed by atoms with Gasteiger partial charge in [0.2, 0.25) is 0 Å². The zero-order valence-corrected chi connectivity index (χ0v) is 11.9. The van der Waals surface area contributed by atoms with Gasteiger partial charge >= 0.3 is 0 Å².